The molecule has 4 nitrogen and oxygen atoms in total. The number of benzene rings is 1. The van der Waals surface area contributed by atoms with Crippen LogP contribution in [0.1, 0.15) is 24.9 Å². The normalized spacial score (nSPS) is 11.9. The fourth-order valence-electron chi connectivity index (χ4n) is 1.96. The van der Waals surface area contributed by atoms with Crippen molar-refractivity contribution < 1.29 is 4.74 Å². The Labute approximate surface area is 120 Å². The lowest BCUT2D eigenvalue weighted by Gasteiger charge is -2.13. The largest absolute Gasteiger partial charge is 0.478 e. The van der Waals surface area contributed by atoms with Crippen LogP contribution in [-0.4, -0.2) is 18.1 Å². The third kappa shape index (κ3) is 4.24. The summed E-state index contributed by atoms with van der Waals surface area (Å²) >= 11 is 0. The van der Waals surface area contributed by atoms with Crippen LogP contribution in [-0.2, 0) is 0 Å². The molecule has 0 saturated heterocycles. The second-order valence-electron chi connectivity index (χ2n) is 4.53. The molecular weight excluding hydrogens is 250 g/mol. The number of hydrogen-bond acceptors (Lipinski definition) is 4. The van der Waals surface area contributed by atoms with Gasteiger partial charge in [-0.05, 0) is 25.0 Å². The minimum Gasteiger partial charge on any atom is -0.478 e. The zero-order valence-electron chi connectivity index (χ0n) is 11.8. The summed E-state index contributed by atoms with van der Waals surface area (Å²) in [4.78, 5) is 4.36. The SMILES string of the molecule is CCOc1cccc(NCCC(N)c2ccccc2)n1. The van der Waals surface area contributed by atoms with Crippen molar-refractivity contribution in [2.75, 3.05) is 18.5 Å². The Kier molecular flexibility index (Phi) is 5.38. The summed E-state index contributed by atoms with van der Waals surface area (Å²) in [6.45, 7) is 3.34. The van der Waals surface area contributed by atoms with Crippen LogP contribution in [0.2, 0.25) is 0 Å². The second-order valence-corrected chi connectivity index (χ2v) is 4.53. The number of nitrogens with one attached hydrogen (secondary N) is 1. The zero-order chi connectivity index (χ0) is 14.2. The Bertz CT molecular complexity index is 516. The fourth-order valence-corrected chi connectivity index (χ4v) is 1.96. The van der Waals surface area contributed by atoms with Crippen molar-refractivity contribution in [2.45, 2.75) is 19.4 Å². The molecule has 0 bridgehead atoms. The molecule has 0 saturated carbocycles. The summed E-state index contributed by atoms with van der Waals surface area (Å²) < 4.78 is 5.37. The molecule has 2 aromatic rings. The van der Waals surface area contributed by atoms with E-state index in [0.717, 1.165) is 24.3 Å². The molecule has 0 fully saturated rings. The average molecular weight is 271 g/mol. The van der Waals surface area contributed by atoms with Crippen molar-refractivity contribution in [3.05, 3.63) is 54.1 Å². The number of nitrogens with two attached hydrogens (primary N) is 1. The molecule has 1 atom stereocenters. The lowest BCUT2D eigenvalue weighted by atomic mass is 10.1. The van der Waals surface area contributed by atoms with Crippen LogP contribution < -0.4 is 15.8 Å². The first-order chi connectivity index (χ1) is 9.79. The van der Waals surface area contributed by atoms with Crippen molar-refractivity contribution in [1.82, 2.24) is 4.98 Å². The third-order valence-corrected chi connectivity index (χ3v) is 3.00. The minimum atomic E-state index is 0.0405. The molecule has 0 amide bonds. The van der Waals surface area contributed by atoms with Crippen LogP contribution >= 0.6 is 0 Å². The molecule has 1 unspecified atom stereocenters. The van der Waals surface area contributed by atoms with E-state index >= 15 is 0 Å². The highest BCUT2D eigenvalue weighted by molar-refractivity contribution is 5.37. The molecule has 0 spiro atoms. The van der Waals surface area contributed by atoms with Crippen LogP contribution in [0.5, 0.6) is 5.88 Å². The van der Waals surface area contributed by atoms with Crippen molar-refractivity contribution in [1.29, 1.82) is 0 Å². The molecule has 20 heavy (non-hydrogen) atoms. The van der Waals surface area contributed by atoms with Crippen LogP contribution in [0, 0.1) is 0 Å². The standard InChI is InChI=1S/C16H21N3O/c1-2-20-16-10-6-9-15(19-16)18-12-11-14(17)13-7-4-3-5-8-13/h3-10,14H,2,11-12,17H2,1H3,(H,18,19). The maximum Gasteiger partial charge on any atom is 0.215 e. The molecule has 3 N–H and O–H groups in total. The summed E-state index contributed by atoms with van der Waals surface area (Å²) in [6.07, 6.45) is 0.852. The number of rotatable bonds is 7. The molecule has 4 heteroatoms. The van der Waals surface area contributed by atoms with E-state index < -0.39 is 0 Å². The van der Waals surface area contributed by atoms with Crippen molar-refractivity contribution >= 4 is 5.82 Å². The Hall–Kier alpha value is -2.07. The van der Waals surface area contributed by atoms with Crippen molar-refractivity contribution in [3.63, 3.8) is 0 Å². The van der Waals surface area contributed by atoms with Crippen LogP contribution in [0.15, 0.2) is 48.5 Å². The predicted octanol–water partition coefficient (Wildman–Crippen LogP) is 2.98. The van der Waals surface area contributed by atoms with Gasteiger partial charge in [0.15, 0.2) is 0 Å². The summed E-state index contributed by atoms with van der Waals surface area (Å²) in [5, 5.41) is 3.27. The summed E-state index contributed by atoms with van der Waals surface area (Å²) in [6, 6.07) is 15.9. The van der Waals surface area contributed by atoms with Crippen LogP contribution in [0.4, 0.5) is 5.82 Å². The van der Waals surface area contributed by atoms with Crippen LogP contribution in [0.3, 0.4) is 0 Å². The summed E-state index contributed by atoms with van der Waals surface area (Å²) in [7, 11) is 0. The van der Waals surface area contributed by atoms with Gasteiger partial charge in [-0.2, -0.15) is 4.98 Å². The van der Waals surface area contributed by atoms with Gasteiger partial charge in [-0.15, -0.1) is 0 Å². The van der Waals surface area contributed by atoms with Gasteiger partial charge in [0.1, 0.15) is 5.82 Å². The quantitative estimate of drug-likeness (QED) is 0.812. The first-order valence-corrected chi connectivity index (χ1v) is 6.94. The van der Waals surface area contributed by atoms with Gasteiger partial charge in [-0.1, -0.05) is 36.4 Å². The molecule has 0 aliphatic heterocycles. The van der Waals surface area contributed by atoms with Crippen molar-refractivity contribution in [2.24, 2.45) is 5.73 Å². The first-order valence-electron chi connectivity index (χ1n) is 6.94. The maximum atomic E-state index is 6.15. The molecule has 1 heterocycles. The van der Waals surface area contributed by atoms with E-state index in [2.05, 4.69) is 22.4 Å². The fraction of sp³-hybridized carbons (Fsp3) is 0.312. The zero-order valence-corrected chi connectivity index (χ0v) is 11.8. The Morgan fingerprint density at radius 2 is 1.95 bits per heavy atom. The van der Waals surface area contributed by atoms with Gasteiger partial charge < -0.3 is 15.8 Å². The number of ether oxygens (including phenoxy) is 1. The lowest BCUT2D eigenvalue weighted by molar-refractivity contribution is 0.327. The summed E-state index contributed by atoms with van der Waals surface area (Å²) in [5.74, 6) is 1.46. The maximum absolute atomic E-state index is 6.15. The van der Waals surface area contributed by atoms with Gasteiger partial charge in [0.05, 0.1) is 6.61 Å². The molecule has 0 aliphatic carbocycles. The second kappa shape index (κ2) is 7.50. The van der Waals surface area contributed by atoms with Gasteiger partial charge in [-0.3, -0.25) is 0 Å². The summed E-state index contributed by atoms with van der Waals surface area (Å²) in [5.41, 5.74) is 7.31. The van der Waals surface area contributed by atoms with E-state index in [-0.39, 0.29) is 6.04 Å². The van der Waals surface area contributed by atoms with E-state index in [9.17, 15) is 0 Å². The number of hydrogen-bond donors (Lipinski definition) is 2. The van der Waals surface area contributed by atoms with E-state index in [0.29, 0.717) is 12.5 Å². The number of anilines is 1. The highest BCUT2D eigenvalue weighted by atomic mass is 16.5. The van der Waals surface area contributed by atoms with E-state index in [1.807, 2.05) is 43.3 Å². The minimum absolute atomic E-state index is 0.0405. The molecule has 0 radical (unpaired) electrons. The topological polar surface area (TPSA) is 60.2 Å². The van der Waals surface area contributed by atoms with Gasteiger partial charge in [-0.25, -0.2) is 0 Å². The number of pyridine rings is 1. The van der Waals surface area contributed by atoms with Crippen LogP contribution in [0.25, 0.3) is 0 Å². The molecule has 1 aromatic heterocycles. The van der Waals surface area contributed by atoms with Gasteiger partial charge in [0.25, 0.3) is 0 Å². The monoisotopic (exact) mass is 271 g/mol. The lowest BCUT2D eigenvalue weighted by Crippen LogP contribution is -2.15. The average Bonchev–Trinajstić information content (AvgIpc) is 2.49. The number of aromatic nitrogens is 1. The Balaban J connectivity index is 1.82. The third-order valence-electron chi connectivity index (χ3n) is 3.00. The highest BCUT2D eigenvalue weighted by Crippen LogP contribution is 2.15. The number of nitrogens with zero attached hydrogens (tertiary/aromatic N) is 1. The molecule has 1 aromatic carbocycles. The highest BCUT2D eigenvalue weighted by Gasteiger charge is 2.05. The molecule has 0 aliphatic rings. The van der Waals surface area contributed by atoms with E-state index in [1.54, 1.807) is 0 Å². The Morgan fingerprint density at radius 1 is 1.15 bits per heavy atom. The van der Waals surface area contributed by atoms with Gasteiger partial charge in [0.2, 0.25) is 5.88 Å². The van der Waals surface area contributed by atoms with E-state index in [4.69, 9.17) is 10.5 Å². The molecule has 106 valence electrons. The van der Waals surface area contributed by atoms with E-state index in [1.165, 1.54) is 0 Å². The Morgan fingerprint density at radius 3 is 2.70 bits per heavy atom. The van der Waals surface area contributed by atoms with Gasteiger partial charge >= 0.3 is 0 Å². The molecule has 2 rings (SSSR count). The smallest absolute Gasteiger partial charge is 0.215 e. The van der Waals surface area contributed by atoms with Crippen molar-refractivity contribution in [3.8, 4) is 5.88 Å². The molecular formula is C16H21N3O. The van der Waals surface area contributed by atoms with Gasteiger partial charge in [0, 0.05) is 18.7 Å². The predicted molar refractivity (Wildman–Crippen MR) is 81.9 cm³/mol. The first kappa shape index (κ1) is 14.3.